The number of benzene rings is 8. The van der Waals surface area contributed by atoms with Crippen molar-refractivity contribution in [3.05, 3.63) is 220 Å². The summed E-state index contributed by atoms with van der Waals surface area (Å²) in [5.41, 5.74) is 18.4. The second-order valence-corrected chi connectivity index (χ2v) is 19.8. The van der Waals surface area contributed by atoms with E-state index in [9.17, 15) is 29.4 Å². The normalized spacial score (nSPS) is 9.01. The first-order chi connectivity index (χ1) is 46.8. The molecule has 0 saturated carbocycles. The summed E-state index contributed by atoms with van der Waals surface area (Å²) < 4.78 is 18.4. The topological polar surface area (TPSA) is 241 Å². The smallest absolute Gasteiger partial charge is 0.269 e. The van der Waals surface area contributed by atoms with Crippen molar-refractivity contribution >= 4 is 138 Å². The van der Waals surface area contributed by atoms with Crippen LogP contribution < -0.4 is 11.1 Å². The van der Waals surface area contributed by atoms with Crippen LogP contribution in [0.1, 0.15) is 104 Å². The van der Waals surface area contributed by atoms with Crippen LogP contribution in [0.3, 0.4) is 0 Å². The van der Waals surface area contributed by atoms with Gasteiger partial charge in [-0.05, 0) is 122 Å². The van der Waals surface area contributed by atoms with Crippen LogP contribution in [0.25, 0.3) is 61.2 Å². The molecule has 0 aliphatic carbocycles. The monoisotopic (exact) mass is 1590 g/mol. The molecule has 4 N–H and O–H groups in total. The summed E-state index contributed by atoms with van der Waals surface area (Å²) in [7, 11) is 0. The number of para-hydroxylation sites is 8. The number of thioether (sulfide) groups is 4. The summed E-state index contributed by atoms with van der Waals surface area (Å²) >= 11 is 10.6. The molecule has 1 amide bonds. The summed E-state index contributed by atoms with van der Waals surface area (Å²) in [5, 5.41) is 27.0. The van der Waals surface area contributed by atoms with Crippen molar-refractivity contribution in [1.29, 1.82) is 0 Å². The van der Waals surface area contributed by atoms with Gasteiger partial charge in [-0.1, -0.05) is 212 Å². The number of anilines is 2. The molecule has 99 heavy (non-hydrogen) atoms. The minimum absolute atomic E-state index is 0. The van der Waals surface area contributed by atoms with Crippen molar-refractivity contribution in [1.82, 2.24) is 38.6 Å². The average molecular weight is 1600 g/mol. The first-order valence-electron chi connectivity index (χ1n) is 31.1. The molecule has 0 atom stereocenters. The van der Waals surface area contributed by atoms with Crippen molar-refractivity contribution in [2.24, 2.45) is 0 Å². The molecule has 528 valence electrons. The summed E-state index contributed by atoms with van der Waals surface area (Å²) in [4.78, 5) is 59.8. The fourth-order valence-corrected chi connectivity index (χ4v) is 9.99. The van der Waals surface area contributed by atoms with E-state index < -0.39 is 15.7 Å². The minimum atomic E-state index is -0.570. The number of rotatable bonds is 11. The van der Waals surface area contributed by atoms with Gasteiger partial charge in [0.05, 0.1) is 60.4 Å². The third-order valence-electron chi connectivity index (χ3n) is 11.5. The molecule has 4 aromatic heterocycles. The Labute approximate surface area is 657 Å². The number of nitrogens with two attached hydrogens (primary N) is 1. The van der Waals surface area contributed by atoms with Crippen LogP contribution in [0.15, 0.2) is 215 Å². The largest absolute Gasteiger partial charge is 0.525 e. The van der Waals surface area contributed by atoms with Crippen molar-refractivity contribution < 1.29 is 89.2 Å². The third-order valence-corrected chi connectivity index (χ3v) is 14.0. The Hall–Kier alpha value is -6.79. The van der Waals surface area contributed by atoms with Crippen molar-refractivity contribution in [3.8, 4) is 17.1 Å². The first-order valence-corrected chi connectivity index (χ1v) is 36.4. The average Bonchev–Trinajstić information content (AvgIpc) is 1.63. The van der Waals surface area contributed by atoms with Crippen LogP contribution in [0.4, 0.5) is 27.1 Å². The van der Waals surface area contributed by atoms with Gasteiger partial charge < -0.3 is 37.2 Å². The maximum absolute atomic E-state index is 12.1. The Kier molecular flexibility index (Phi) is 58.7. The standard InChI is InChI=1S/C15H12N3OS.C14H11N3O2S.C14H13N3S.C8H8N2S.C6H4FNO2.7C2H6.CClO.CH4.2Y/c1-20-15-17-13-4-2-3-5-14(13)18(15)12-8-6-11(7-9-12)16-10-19;1-20-14-15-12-4-2-3-5-13(12)16(14)10-6-8-11(9-7-10)17(18)19;1-18-14-16-12-4-2-3-5-13(12)17(14)11-8-6-10(15)7-9-11;1-11-8-9-6-4-2-3-5-7(6)10-8;7-5-1-3-6(4-2-5)8(9)10;7*1-2;2-1-3;;;/h2-9H,1H3,(H,16,19);2-9H,1H3;2-9H,15H2,1H3;2-5H,1H3,(H,9,10);1-4H;7*1-2H3;;1H4;;/q-1;;;;;;;;;;;;-1;;;. The minimum Gasteiger partial charge on any atom is -0.525 e. The number of H-pyrrole nitrogens is 1. The van der Waals surface area contributed by atoms with Gasteiger partial charge in [-0.15, -0.1) is 17.8 Å². The Bertz CT molecular complexity index is 4060. The summed E-state index contributed by atoms with van der Waals surface area (Å²) in [6, 6.07) is 58.4. The van der Waals surface area contributed by atoms with Crippen molar-refractivity contribution in [3.63, 3.8) is 0 Å². The Morgan fingerprint density at radius 2 is 0.747 bits per heavy atom. The first kappa shape index (κ1) is 98.6. The van der Waals surface area contributed by atoms with Gasteiger partial charge in [0, 0.05) is 112 Å². The molecule has 0 spiro atoms. The van der Waals surface area contributed by atoms with E-state index in [2.05, 4.69) is 57.0 Å². The molecule has 0 fully saturated rings. The second kappa shape index (κ2) is 58.9. The fraction of sp³-hybridized carbons (Fsp3) is 0.260. The van der Waals surface area contributed by atoms with E-state index >= 15 is 0 Å². The predicted octanol–water partition coefficient (Wildman–Crippen LogP) is 22.3. The maximum Gasteiger partial charge on any atom is 0.269 e. The summed E-state index contributed by atoms with van der Waals surface area (Å²) in [5.74, 6) is 0.505. The van der Waals surface area contributed by atoms with E-state index in [0.29, 0.717) is 0 Å². The second-order valence-electron chi connectivity index (χ2n) is 16.5. The van der Waals surface area contributed by atoms with Gasteiger partial charge in [-0.2, -0.15) is 5.75 Å². The molecule has 0 saturated heterocycles. The van der Waals surface area contributed by atoms with Crippen LogP contribution in [0.2, 0.25) is 0 Å². The van der Waals surface area contributed by atoms with Crippen LogP contribution in [0.5, 0.6) is 0 Å². The summed E-state index contributed by atoms with van der Waals surface area (Å²) in [6.45, 7) is 28.0. The van der Waals surface area contributed by atoms with E-state index in [4.69, 9.17) is 10.5 Å². The molecule has 12 rings (SSSR count). The molecule has 0 aliphatic rings. The molecule has 0 aliphatic heterocycles. The van der Waals surface area contributed by atoms with Gasteiger partial charge >= 0.3 is 0 Å². The summed E-state index contributed by atoms with van der Waals surface area (Å²) in [6.07, 6.45) is 9.69. The number of carbonyl (C=O) groups excluding carboxylic acids is 2. The molecule has 2 radical (unpaired) electrons. The number of hydrogen-bond donors (Lipinski definition) is 3. The number of non-ortho nitro benzene ring substituents is 2. The number of nitrogens with zero attached hydrogens (tertiary/aromatic N) is 9. The van der Waals surface area contributed by atoms with E-state index in [1.807, 2.05) is 266 Å². The van der Waals surface area contributed by atoms with Gasteiger partial charge in [0.15, 0.2) is 20.6 Å². The molecule has 12 aromatic rings. The van der Waals surface area contributed by atoms with Crippen molar-refractivity contribution in [2.45, 2.75) is 125 Å². The number of nitro benzene ring substituents is 2. The Balaban J connectivity index is -0.000000544. The number of halogens is 2. The van der Waals surface area contributed by atoms with Gasteiger partial charge in [0.1, 0.15) is 5.82 Å². The van der Waals surface area contributed by atoms with E-state index in [0.717, 1.165) is 123 Å². The Morgan fingerprint density at radius 1 is 0.455 bits per heavy atom. The fourth-order valence-electron chi connectivity index (χ4n) is 7.86. The molecular formula is C73H94ClFN12O6S4Y2-2. The number of hydrogen-bond acceptors (Lipinski definition) is 15. The number of aromatic nitrogens is 8. The molecule has 8 aromatic carbocycles. The zero-order valence-corrected chi connectivity index (χ0v) is 68.8. The van der Waals surface area contributed by atoms with Gasteiger partial charge in [-0.25, -0.2) is 24.3 Å². The number of nitro groups is 2. The van der Waals surface area contributed by atoms with Crippen molar-refractivity contribution in [2.75, 3.05) is 36.1 Å². The van der Waals surface area contributed by atoms with E-state index in [-0.39, 0.29) is 84.2 Å². The zero-order chi connectivity index (χ0) is 72.5. The van der Waals surface area contributed by atoms with Gasteiger partial charge in [0.2, 0.25) is 0 Å². The quantitative estimate of drug-likeness (QED) is 0.0207. The number of aromatic amines is 1. The predicted molar refractivity (Wildman–Crippen MR) is 418 cm³/mol. The number of imidazole rings is 4. The van der Waals surface area contributed by atoms with Gasteiger partial charge in [0.25, 0.3) is 11.4 Å². The van der Waals surface area contributed by atoms with Crippen LogP contribution in [-0.2, 0) is 75.0 Å². The molecule has 4 heterocycles. The molecule has 18 nitrogen and oxygen atoms in total. The SMILES string of the molecule is C.CC.CC.CC.CC.CC.CC.CC.CSc1nc2ccccc2[nH]1.CSc1nc2ccccc2n1-c1ccc(N)cc1.CSc1nc2ccccc2n1-c1ccc(N[C-]=O)cc1.CSc1nc2ccccc2n1-c1ccc([N+](=O)[O-])cc1.O=[C-]Cl.O=[N+]([O-])c1ccc(F)cc1.[Y].[Y]. The molecular weight excluding hydrogens is 1500 g/mol. The van der Waals surface area contributed by atoms with Crippen LogP contribution in [-0.4, -0.2) is 85.6 Å². The molecule has 26 heteroatoms. The number of fused-ring (bicyclic) bond motifs is 4. The van der Waals surface area contributed by atoms with Crippen LogP contribution in [0, 0.1) is 26.0 Å². The maximum atomic E-state index is 12.1. The van der Waals surface area contributed by atoms with Gasteiger partial charge in [-0.3, -0.25) is 33.9 Å². The van der Waals surface area contributed by atoms with Crippen LogP contribution >= 0.6 is 58.6 Å². The number of nitrogens with one attached hydrogen (secondary N) is 2. The molecule has 0 bridgehead atoms. The van der Waals surface area contributed by atoms with E-state index in [1.54, 1.807) is 65.6 Å². The third kappa shape index (κ3) is 31.3. The zero-order valence-electron chi connectivity index (χ0n) is 59.1. The number of amides is 1. The van der Waals surface area contributed by atoms with E-state index in [1.165, 1.54) is 12.1 Å². The Morgan fingerprint density at radius 3 is 1.05 bits per heavy atom. The number of nitrogen functional groups attached to an aromatic ring is 1. The molecule has 0 unspecified atom stereocenters.